The number of hydrogen-bond acceptors (Lipinski definition) is 10. The Bertz CT molecular complexity index is 1740. The smallest absolute Gasteiger partial charge is 0.511 e. The molecule has 2 atom stereocenters. The van der Waals surface area contributed by atoms with E-state index in [9.17, 15) is 36.4 Å². The number of hydrazine groups is 1. The van der Waals surface area contributed by atoms with E-state index in [1.165, 1.54) is 19.1 Å². The maximum Gasteiger partial charge on any atom is 0.511 e. The molecule has 1 N–H and O–H groups in total. The second kappa shape index (κ2) is 13.5. The lowest BCUT2D eigenvalue weighted by Gasteiger charge is -2.21. The van der Waals surface area contributed by atoms with E-state index < -0.39 is 51.9 Å². The van der Waals surface area contributed by atoms with Crippen LogP contribution in [0.3, 0.4) is 0 Å². The molecule has 2 aromatic carbocycles. The molecule has 1 saturated heterocycles. The number of benzene rings is 2. The summed E-state index contributed by atoms with van der Waals surface area (Å²) in [4.78, 5) is 29.2. The molecule has 0 bridgehead atoms. The van der Waals surface area contributed by atoms with Gasteiger partial charge in [0.05, 0.1) is 27.8 Å². The van der Waals surface area contributed by atoms with Crippen LogP contribution in [0.4, 0.5) is 18.0 Å². The van der Waals surface area contributed by atoms with E-state index in [-0.39, 0.29) is 34.2 Å². The van der Waals surface area contributed by atoms with Crippen molar-refractivity contribution in [2.45, 2.75) is 76.5 Å². The number of nitrogens with one attached hydrogen (secondary N) is 1. The van der Waals surface area contributed by atoms with Gasteiger partial charge >= 0.3 is 12.3 Å². The van der Waals surface area contributed by atoms with E-state index in [1.54, 1.807) is 45.0 Å². The average Bonchev–Trinajstić information content (AvgIpc) is 3.64. The summed E-state index contributed by atoms with van der Waals surface area (Å²) in [6, 6.07) is 11.1. The van der Waals surface area contributed by atoms with Gasteiger partial charge in [-0.1, -0.05) is 29.8 Å². The Hall–Kier alpha value is -4.87. The number of amides is 1. The maximum atomic E-state index is 13.5. The summed E-state index contributed by atoms with van der Waals surface area (Å²) < 4.78 is 79.6. The van der Waals surface area contributed by atoms with E-state index >= 15 is 0 Å². The van der Waals surface area contributed by atoms with Gasteiger partial charge in [-0.2, -0.15) is 18.3 Å². The lowest BCUT2D eigenvalue weighted by Crippen LogP contribution is -2.47. The zero-order valence-electron chi connectivity index (χ0n) is 26.0. The minimum Gasteiger partial charge on any atom is -0.569 e. The molecule has 0 radical (unpaired) electrons. The topological polar surface area (TPSA) is 167 Å². The number of aryl methyl sites for hydroxylation is 1. The fourth-order valence-electron chi connectivity index (χ4n) is 4.48. The van der Waals surface area contributed by atoms with Crippen LogP contribution in [0.5, 0.6) is 0 Å². The summed E-state index contributed by atoms with van der Waals surface area (Å²) in [5.74, 6) is -1.02. The van der Waals surface area contributed by atoms with Gasteiger partial charge in [0.25, 0.3) is 22.2 Å². The molecule has 0 spiro atoms. The lowest BCUT2D eigenvalue weighted by atomic mass is 10.1. The van der Waals surface area contributed by atoms with Crippen molar-refractivity contribution < 1.29 is 50.5 Å². The quantitative estimate of drug-likeness (QED) is 0.104. The SMILES string of the molecule is Cc1ccc(-c2cc(C(F)(F)F)nn2-c2ccc(S(=O)(=O)NC(=O)[C@@H]3CCCN3/[N+]([O-])=N/OC(C)OC(=O)OC(C)(C)C)cc2)cc1. The molecule has 1 fully saturated rings. The van der Waals surface area contributed by atoms with E-state index in [0.717, 1.165) is 33.5 Å². The predicted octanol–water partition coefficient (Wildman–Crippen LogP) is 5.24. The van der Waals surface area contributed by atoms with Gasteiger partial charge in [-0.05, 0) is 70.9 Å². The second-order valence-electron chi connectivity index (χ2n) is 11.6. The number of halogens is 3. The highest BCUT2D eigenvalue weighted by molar-refractivity contribution is 7.90. The van der Waals surface area contributed by atoms with E-state index in [2.05, 4.69) is 10.4 Å². The Balaban J connectivity index is 1.46. The highest BCUT2D eigenvalue weighted by atomic mass is 32.2. The summed E-state index contributed by atoms with van der Waals surface area (Å²) in [5.41, 5.74) is -0.339. The van der Waals surface area contributed by atoms with Crippen molar-refractivity contribution in [3.8, 4) is 16.9 Å². The minimum atomic E-state index is -4.72. The molecular weight excluding hydrogens is 649 g/mol. The molecule has 254 valence electrons. The van der Waals surface area contributed by atoms with Gasteiger partial charge in [0.15, 0.2) is 11.7 Å². The third-order valence-electron chi connectivity index (χ3n) is 6.64. The first-order valence-electron chi connectivity index (χ1n) is 14.3. The molecule has 0 aliphatic carbocycles. The second-order valence-corrected chi connectivity index (χ2v) is 13.2. The Morgan fingerprint density at radius 3 is 2.34 bits per heavy atom. The van der Waals surface area contributed by atoms with Gasteiger partial charge in [0.1, 0.15) is 5.60 Å². The normalized spacial score (nSPS) is 16.5. The van der Waals surface area contributed by atoms with Crippen molar-refractivity contribution in [3.63, 3.8) is 0 Å². The minimum absolute atomic E-state index is 0.0393. The first kappa shape index (κ1) is 35.0. The number of aromatic nitrogens is 2. The van der Waals surface area contributed by atoms with Crippen LogP contribution in [0.25, 0.3) is 16.9 Å². The zero-order chi connectivity index (χ0) is 34.7. The van der Waals surface area contributed by atoms with Crippen LogP contribution in [0.1, 0.15) is 51.8 Å². The summed E-state index contributed by atoms with van der Waals surface area (Å²) in [6.07, 6.45) is -6.65. The van der Waals surface area contributed by atoms with E-state index in [0.29, 0.717) is 12.0 Å². The molecule has 47 heavy (non-hydrogen) atoms. The fourth-order valence-corrected chi connectivity index (χ4v) is 5.49. The van der Waals surface area contributed by atoms with Crippen molar-refractivity contribution in [3.05, 3.63) is 71.1 Å². The molecule has 1 aliphatic rings. The Labute approximate surface area is 268 Å². The van der Waals surface area contributed by atoms with Crippen LogP contribution in [0.2, 0.25) is 0 Å². The lowest BCUT2D eigenvalue weighted by molar-refractivity contribution is -0.713. The maximum absolute atomic E-state index is 13.5. The number of alkyl halides is 3. The van der Waals surface area contributed by atoms with Crippen molar-refractivity contribution in [1.82, 2.24) is 19.5 Å². The van der Waals surface area contributed by atoms with Gasteiger partial charge in [-0.3, -0.25) is 9.63 Å². The van der Waals surface area contributed by atoms with Crippen molar-refractivity contribution in [1.29, 1.82) is 0 Å². The third kappa shape index (κ3) is 8.90. The molecule has 1 aliphatic heterocycles. The molecule has 14 nitrogen and oxygen atoms in total. The summed E-state index contributed by atoms with van der Waals surface area (Å²) >= 11 is 0. The van der Waals surface area contributed by atoms with Crippen LogP contribution in [-0.2, 0) is 35.3 Å². The van der Waals surface area contributed by atoms with Crippen LogP contribution >= 0.6 is 0 Å². The van der Waals surface area contributed by atoms with Crippen molar-refractivity contribution in [2.75, 3.05) is 6.54 Å². The van der Waals surface area contributed by atoms with Gasteiger partial charge in [0, 0.05) is 12.5 Å². The monoisotopic (exact) mass is 682 g/mol. The Morgan fingerprint density at radius 1 is 1.11 bits per heavy atom. The molecule has 2 heterocycles. The summed E-state index contributed by atoms with van der Waals surface area (Å²) in [7, 11) is -4.47. The van der Waals surface area contributed by atoms with Crippen LogP contribution in [-0.4, -0.2) is 64.7 Å². The fraction of sp³-hybridized carbons (Fsp3) is 0.414. The molecule has 1 aromatic heterocycles. The average molecular weight is 683 g/mol. The number of ether oxygens (including phenoxy) is 2. The molecule has 1 amide bonds. The third-order valence-corrected chi connectivity index (χ3v) is 8.00. The summed E-state index contributed by atoms with van der Waals surface area (Å²) in [6.45, 7) is 8.01. The molecule has 18 heteroatoms. The van der Waals surface area contributed by atoms with Crippen molar-refractivity contribution in [2.24, 2.45) is 5.28 Å². The van der Waals surface area contributed by atoms with Crippen LogP contribution in [0, 0.1) is 12.1 Å². The van der Waals surface area contributed by atoms with E-state index in [4.69, 9.17) is 14.3 Å². The van der Waals surface area contributed by atoms with Crippen LogP contribution in [0.15, 0.2) is 64.8 Å². The number of carbonyl (C=O) groups is 2. The van der Waals surface area contributed by atoms with Gasteiger partial charge in [0.2, 0.25) is 5.28 Å². The number of nitrogens with zero attached hydrogens (tertiary/aromatic N) is 5. The molecule has 4 rings (SSSR count). The Kier molecular flexibility index (Phi) is 10.0. The number of hydrogen-bond donors (Lipinski definition) is 1. The van der Waals surface area contributed by atoms with Gasteiger partial charge < -0.3 is 14.7 Å². The highest BCUT2D eigenvalue weighted by Crippen LogP contribution is 2.33. The van der Waals surface area contributed by atoms with Crippen LogP contribution < -0.4 is 4.72 Å². The standard InChI is InChI=1S/C29H33F3N6O8S/c1-18-8-10-20(11-9-18)24-17-25(29(30,31)32)33-37(24)21-12-14-22(15-13-21)47(42,43)34-26(39)23-7-6-16-36(23)38(41)35-46-19(2)44-27(40)45-28(3,4)5/h8-15,17,19,23H,6-7,16H2,1-5H3,(H,34,39)/b38-35-/t19?,23-/m0/s1. The molecule has 1 unspecified atom stereocenters. The van der Waals surface area contributed by atoms with Gasteiger partial charge in [-0.25, -0.2) is 22.6 Å². The van der Waals surface area contributed by atoms with E-state index in [1.807, 2.05) is 11.6 Å². The Morgan fingerprint density at radius 2 is 1.74 bits per heavy atom. The van der Waals surface area contributed by atoms with Gasteiger partial charge in [-0.15, -0.1) is 5.01 Å². The largest absolute Gasteiger partial charge is 0.569 e. The highest BCUT2D eigenvalue weighted by Gasteiger charge is 2.39. The number of rotatable bonds is 9. The first-order valence-corrected chi connectivity index (χ1v) is 15.7. The first-order chi connectivity index (χ1) is 21.8. The summed E-state index contributed by atoms with van der Waals surface area (Å²) in [5, 5.41) is 20.5. The number of sulfonamides is 1. The van der Waals surface area contributed by atoms with Crippen molar-refractivity contribution >= 4 is 22.1 Å². The predicted molar refractivity (Wildman–Crippen MR) is 158 cm³/mol. The molecule has 3 aromatic rings. The molecular formula is C29H33F3N6O8S. The molecule has 0 saturated carbocycles. The number of carbonyl (C=O) groups excluding carboxylic acids is 2. The zero-order valence-corrected chi connectivity index (χ0v) is 26.8.